The summed E-state index contributed by atoms with van der Waals surface area (Å²) in [6, 6.07) is 10.8. The second-order valence-corrected chi connectivity index (χ2v) is 5.65. The van der Waals surface area contributed by atoms with Crippen LogP contribution in [0.5, 0.6) is 0 Å². The Bertz CT molecular complexity index is 608. The second-order valence-electron chi connectivity index (χ2n) is 4.51. The standard InChI is InChI=1S/C15H13F4NS/c1-10-8-11(2-7-14(10)16)9-20-12-3-5-13(6-4-12)21-15(17,18)19/h2-8,20H,9H2,1H3. The molecule has 0 aliphatic rings. The molecule has 0 aliphatic heterocycles. The van der Waals surface area contributed by atoms with Crippen molar-refractivity contribution in [1.82, 2.24) is 0 Å². The first-order valence-electron chi connectivity index (χ1n) is 6.18. The fourth-order valence-electron chi connectivity index (χ4n) is 1.80. The average Bonchev–Trinajstić information content (AvgIpc) is 2.40. The maximum atomic E-state index is 13.1. The van der Waals surface area contributed by atoms with Crippen LogP contribution in [0.15, 0.2) is 47.4 Å². The smallest absolute Gasteiger partial charge is 0.381 e. The minimum atomic E-state index is -4.28. The summed E-state index contributed by atoms with van der Waals surface area (Å²) in [6.07, 6.45) is 0. The van der Waals surface area contributed by atoms with E-state index in [1.54, 1.807) is 31.2 Å². The van der Waals surface area contributed by atoms with E-state index >= 15 is 0 Å². The van der Waals surface area contributed by atoms with E-state index < -0.39 is 5.51 Å². The number of thioether (sulfide) groups is 1. The van der Waals surface area contributed by atoms with Gasteiger partial charge in [0, 0.05) is 17.1 Å². The van der Waals surface area contributed by atoms with E-state index in [2.05, 4.69) is 5.32 Å². The molecular formula is C15H13F4NS. The van der Waals surface area contributed by atoms with Gasteiger partial charge in [0.25, 0.3) is 0 Å². The van der Waals surface area contributed by atoms with Crippen molar-refractivity contribution in [3.8, 4) is 0 Å². The van der Waals surface area contributed by atoms with E-state index in [1.807, 2.05) is 0 Å². The first-order chi connectivity index (χ1) is 9.83. The Kier molecular flexibility index (Phi) is 4.77. The fourth-order valence-corrected chi connectivity index (χ4v) is 2.33. The molecule has 1 N–H and O–H groups in total. The van der Waals surface area contributed by atoms with Gasteiger partial charge in [-0.3, -0.25) is 0 Å². The number of rotatable bonds is 4. The first-order valence-corrected chi connectivity index (χ1v) is 7.00. The molecule has 0 atom stereocenters. The molecule has 0 spiro atoms. The number of hydrogen-bond acceptors (Lipinski definition) is 2. The molecule has 0 aliphatic carbocycles. The molecular weight excluding hydrogens is 302 g/mol. The molecule has 0 fully saturated rings. The van der Waals surface area contributed by atoms with Gasteiger partial charge in [0.1, 0.15) is 5.82 Å². The fraction of sp³-hybridized carbons (Fsp3) is 0.200. The number of nitrogens with one attached hydrogen (secondary N) is 1. The molecule has 2 aromatic rings. The van der Waals surface area contributed by atoms with Crippen LogP contribution in [0.1, 0.15) is 11.1 Å². The van der Waals surface area contributed by atoms with Crippen molar-refractivity contribution in [2.45, 2.75) is 23.9 Å². The van der Waals surface area contributed by atoms with Crippen molar-refractivity contribution >= 4 is 17.4 Å². The lowest BCUT2D eigenvalue weighted by Crippen LogP contribution is -2.01. The molecule has 0 aromatic heterocycles. The molecule has 0 amide bonds. The molecule has 1 nitrogen and oxygen atoms in total. The summed E-state index contributed by atoms with van der Waals surface area (Å²) in [7, 11) is 0. The maximum Gasteiger partial charge on any atom is 0.446 e. The summed E-state index contributed by atoms with van der Waals surface area (Å²) in [5.74, 6) is -0.257. The van der Waals surface area contributed by atoms with E-state index in [-0.39, 0.29) is 22.5 Å². The monoisotopic (exact) mass is 315 g/mol. The van der Waals surface area contributed by atoms with Gasteiger partial charge in [-0.15, -0.1) is 0 Å². The number of hydrogen-bond donors (Lipinski definition) is 1. The zero-order valence-corrected chi connectivity index (χ0v) is 12.0. The van der Waals surface area contributed by atoms with Gasteiger partial charge in [-0.1, -0.05) is 12.1 Å². The average molecular weight is 315 g/mol. The van der Waals surface area contributed by atoms with Gasteiger partial charge in [-0.2, -0.15) is 13.2 Å². The normalized spacial score (nSPS) is 11.5. The molecule has 21 heavy (non-hydrogen) atoms. The molecule has 6 heteroatoms. The van der Waals surface area contributed by atoms with Gasteiger partial charge in [0.15, 0.2) is 0 Å². The predicted octanol–water partition coefficient (Wildman–Crippen LogP) is 5.36. The summed E-state index contributed by atoms with van der Waals surface area (Å²) < 4.78 is 49.7. The van der Waals surface area contributed by atoms with E-state index in [1.165, 1.54) is 18.2 Å². The van der Waals surface area contributed by atoms with Crippen LogP contribution in [-0.4, -0.2) is 5.51 Å². The molecule has 0 saturated carbocycles. The summed E-state index contributed by atoms with van der Waals surface area (Å²) in [5, 5.41) is 3.08. The second kappa shape index (κ2) is 6.39. The van der Waals surface area contributed by atoms with Gasteiger partial charge in [0.2, 0.25) is 0 Å². The molecule has 2 rings (SSSR count). The third-order valence-corrected chi connectivity index (χ3v) is 3.55. The Balaban J connectivity index is 1.96. The van der Waals surface area contributed by atoms with Crippen molar-refractivity contribution in [2.24, 2.45) is 0 Å². The van der Waals surface area contributed by atoms with Crippen molar-refractivity contribution in [3.05, 3.63) is 59.4 Å². The summed E-state index contributed by atoms with van der Waals surface area (Å²) in [5.41, 5.74) is -2.10. The highest BCUT2D eigenvalue weighted by Crippen LogP contribution is 2.37. The number of benzene rings is 2. The zero-order valence-electron chi connectivity index (χ0n) is 11.2. The van der Waals surface area contributed by atoms with Crippen molar-refractivity contribution in [1.29, 1.82) is 0 Å². The molecule has 0 saturated heterocycles. The molecule has 112 valence electrons. The number of alkyl halides is 3. The Morgan fingerprint density at radius 3 is 2.29 bits per heavy atom. The molecule has 0 heterocycles. The number of halogens is 4. The van der Waals surface area contributed by atoms with Crippen molar-refractivity contribution < 1.29 is 17.6 Å². The lowest BCUT2D eigenvalue weighted by molar-refractivity contribution is -0.0328. The predicted molar refractivity (Wildman–Crippen MR) is 76.8 cm³/mol. The van der Waals surface area contributed by atoms with Crippen LogP contribution in [0.25, 0.3) is 0 Å². The van der Waals surface area contributed by atoms with E-state index in [4.69, 9.17) is 0 Å². The summed E-state index contributed by atoms with van der Waals surface area (Å²) in [4.78, 5) is 0.144. The lowest BCUT2D eigenvalue weighted by atomic mass is 10.1. The van der Waals surface area contributed by atoms with Crippen LogP contribution < -0.4 is 5.32 Å². The van der Waals surface area contributed by atoms with Crippen LogP contribution in [0.3, 0.4) is 0 Å². The molecule has 2 aromatic carbocycles. The summed E-state index contributed by atoms with van der Waals surface area (Å²) >= 11 is -0.142. The van der Waals surface area contributed by atoms with Gasteiger partial charge in [-0.05, 0) is 60.1 Å². The number of anilines is 1. The molecule has 0 unspecified atom stereocenters. The first kappa shape index (κ1) is 15.7. The Morgan fingerprint density at radius 1 is 1.05 bits per heavy atom. The quantitative estimate of drug-likeness (QED) is 0.602. The number of aryl methyl sites for hydroxylation is 1. The molecule has 0 radical (unpaired) electrons. The third kappa shape index (κ3) is 4.97. The van der Waals surface area contributed by atoms with Gasteiger partial charge < -0.3 is 5.32 Å². The maximum absolute atomic E-state index is 13.1. The highest BCUT2D eigenvalue weighted by atomic mass is 32.2. The van der Waals surface area contributed by atoms with Crippen LogP contribution >= 0.6 is 11.8 Å². The highest BCUT2D eigenvalue weighted by molar-refractivity contribution is 8.00. The van der Waals surface area contributed by atoms with E-state index in [0.29, 0.717) is 17.8 Å². The minimum Gasteiger partial charge on any atom is -0.381 e. The van der Waals surface area contributed by atoms with Gasteiger partial charge in [-0.25, -0.2) is 4.39 Å². The van der Waals surface area contributed by atoms with Gasteiger partial charge in [0.05, 0.1) is 0 Å². The Labute approximate surface area is 124 Å². The van der Waals surface area contributed by atoms with E-state index in [0.717, 1.165) is 5.56 Å². The molecule has 0 bridgehead atoms. The van der Waals surface area contributed by atoms with Crippen LogP contribution in [0.2, 0.25) is 0 Å². The SMILES string of the molecule is Cc1cc(CNc2ccc(SC(F)(F)F)cc2)ccc1F. The van der Waals surface area contributed by atoms with Gasteiger partial charge >= 0.3 is 5.51 Å². The zero-order chi connectivity index (χ0) is 15.5. The topological polar surface area (TPSA) is 12.0 Å². The minimum absolute atomic E-state index is 0.142. The van der Waals surface area contributed by atoms with E-state index in [9.17, 15) is 17.6 Å². The lowest BCUT2D eigenvalue weighted by Gasteiger charge is -2.09. The van der Waals surface area contributed by atoms with Crippen LogP contribution in [0, 0.1) is 12.7 Å². The van der Waals surface area contributed by atoms with Crippen molar-refractivity contribution in [3.63, 3.8) is 0 Å². The largest absolute Gasteiger partial charge is 0.446 e. The Hall–Kier alpha value is -1.69. The Morgan fingerprint density at radius 2 is 1.71 bits per heavy atom. The third-order valence-electron chi connectivity index (χ3n) is 2.81. The highest BCUT2D eigenvalue weighted by Gasteiger charge is 2.28. The summed E-state index contributed by atoms with van der Waals surface area (Å²) in [6.45, 7) is 2.16. The van der Waals surface area contributed by atoms with Crippen molar-refractivity contribution in [2.75, 3.05) is 5.32 Å². The van der Waals surface area contributed by atoms with Crippen LogP contribution in [-0.2, 0) is 6.54 Å². The van der Waals surface area contributed by atoms with Crippen LogP contribution in [0.4, 0.5) is 23.2 Å².